The molecule has 150 valence electrons. The van der Waals surface area contributed by atoms with Crippen LogP contribution in [0.15, 0.2) is 35.4 Å². The second-order valence-corrected chi connectivity index (χ2v) is 7.24. The van der Waals surface area contributed by atoms with Crippen molar-refractivity contribution in [1.82, 2.24) is 14.9 Å². The second-order valence-electron chi connectivity index (χ2n) is 6.80. The van der Waals surface area contributed by atoms with Crippen LogP contribution in [0.5, 0.6) is 0 Å². The highest BCUT2D eigenvalue weighted by Crippen LogP contribution is 2.40. The number of amides is 1. The van der Waals surface area contributed by atoms with E-state index in [9.17, 15) is 18.4 Å². The van der Waals surface area contributed by atoms with Crippen LogP contribution in [0.3, 0.4) is 0 Å². The third-order valence-corrected chi connectivity index (χ3v) is 5.15. The van der Waals surface area contributed by atoms with Crippen LogP contribution < -0.4 is 16.6 Å². The first kappa shape index (κ1) is 20.2. The highest BCUT2D eigenvalue weighted by molar-refractivity contribution is 6.30. The lowest BCUT2D eigenvalue weighted by atomic mass is 9.87. The van der Waals surface area contributed by atoms with E-state index in [1.54, 1.807) is 24.0 Å². The molecule has 0 radical (unpaired) electrons. The lowest BCUT2D eigenvalue weighted by Gasteiger charge is -2.40. The van der Waals surface area contributed by atoms with Crippen LogP contribution in [0.4, 0.5) is 20.3 Å². The summed E-state index contributed by atoms with van der Waals surface area (Å²) in [6, 6.07) is 3.76. The van der Waals surface area contributed by atoms with Crippen LogP contribution in [0.2, 0.25) is 5.02 Å². The minimum Gasteiger partial charge on any atom is -0.394 e. The Bertz CT molecular complexity index is 919. The van der Waals surface area contributed by atoms with E-state index in [0.717, 1.165) is 0 Å². The second kappa shape index (κ2) is 7.84. The van der Waals surface area contributed by atoms with Crippen molar-refractivity contribution < 1.29 is 13.6 Å². The van der Waals surface area contributed by atoms with Crippen molar-refractivity contribution in [3.8, 4) is 0 Å². The summed E-state index contributed by atoms with van der Waals surface area (Å²) in [5.41, 5.74) is 5.16. The SMILES string of the molecule is CC(C(=O)Nc1ccc(Cl)cn1)N1CCC(F)(F)[C@@H](c2c[nH]c(=O)c(N)c2)C1. The van der Waals surface area contributed by atoms with E-state index < -0.39 is 29.9 Å². The number of carbonyl (C=O) groups is 1. The number of likely N-dealkylation sites (tertiary alicyclic amines) is 1. The number of hydrogen-bond acceptors (Lipinski definition) is 5. The van der Waals surface area contributed by atoms with Crippen LogP contribution in [-0.2, 0) is 4.79 Å². The van der Waals surface area contributed by atoms with Gasteiger partial charge in [0.2, 0.25) is 5.91 Å². The summed E-state index contributed by atoms with van der Waals surface area (Å²) in [6.07, 6.45) is 2.25. The maximum atomic E-state index is 14.5. The molecule has 2 aromatic rings. The van der Waals surface area contributed by atoms with E-state index in [1.165, 1.54) is 18.5 Å². The van der Waals surface area contributed by atoms with Crippen molar-refractivity contribution in [3.05, 3.63) is 51.5 Å². The molecule has 1 aliphatic heterocycles. The number of anilines is 2. The van der Waals surface area contributed by atoms with Gasteiger partial charge in [-0.1, -0.05) is 11.6 Å². The van der Waals surface area contributed by atoms with E-state index in [-0.39, 0.29) is 30.2 Å². The molecule has 1 aliphatic rings. The minimum absolute atomic E-state index is 0.0544. The standard InChI is InChI=1S/C18H20ClF2N5O2/c1-10(16(27)25-15-3-2-12(19)8-23-15)26-5-4-18(20,21)13(9-26)11-6-14(22)17(28)24-7-11/h2-3,6-8,10,13H,4-5,9,22H2,1H3,(H,24,28)(H,23,25,27)/t10?,13-/m1/s1. The summed E-state index contributed by atoms with van der Waals surface area (Å²) in [4.78, 5) is 32.0. The average molecular weight is 412 g/mol. The van der Waals surface area contributed by atoms with Gasteiger partial charge in [-0.3, -0.25) is 14.5 Å². The number of rotatable bonds is 4. The Kier molecular flexibility index (Phi) is 5.66. The zero-order valence-corrected chi connectivity index (χ0v) is 15.8. The van der Waals surface area contributed by atoms with Crippen molar-refractivity contribution in [3.63, 3.8) is 0 Å². The predicted molar refractivity (Wildman–Crippen MR) is 103 cm³/mol. The van der Waals surface area contributed by atoms with Gasteiger partial charge in [0, 0.05) is 31.9 Å². The molecule has 0 spiro atoms. The monoisotopic (exact) mass is 411 g/mol. The van der Waals surface area contributed by atoms with Crippen LogP contribution >= 0.6 is 11.6 Å². The van der Waals surface area contributed by atoms with Gasteiger partial charge in [-0.15, -0.1) is 0 Å². The molecule has 4 N–H and O–H groups in total. The Labute approximate surface area is 164 Å². The number of H-pyrrole nitrogens is 1. The maximum Gasteiger partial charge on any atom is 0.271 e. The topological polar surface area (TPSA) is 104 Å². The maximum absolute atomic E-state index is 14.5. The first-order chi connectivity index (χ1) is 13.2. The van der Waals surface area contributed by atoms with E-state index in [0.29, 0.717) is 10.8 Å². The molecule has 1 saturated heterocycles. The molecule has 3 heterocycles. The Hall–Kier alpha value is -2.52. The number of nitrogens with two attached hydrogens (primary N) is 1. The minimum atomic E-state index is -2.98. The number of pyridine rings is 2. The Morgan fingerprint density at radius 2 is 2.25 bits per heavy atom. The van der Waals surface area contributed by atoms with Crippen molar-refractivity contribution in [2.45, 2.75) is 31.2 Å². The van der Waals surface area contributed by atoms with Gasteiger partial charge in [0.15, 0.2) is 0 Å². The van der Waals surface area contributed by atoms with Gasteiger partial charge in [0.25, 0.3) is 11.5 Å². The van der Waals surface area contributed by atoms with Gasteiger partial charge < -0.3 is 16.0 Å². The number of hydrogen-bond donors (Lipinski definition) is 3. The number of piperidine rings is 1. The van der Waals surface area contributed by atoms with Gasteiger partial charge >= 0.3 is 0 Å². The largest absolute Gasteiger partial charge is 0.394 e. The summed E-state index contributed by atoms with van der Waals surface area (Å²) in [6.45, 7) is 1.65. The summed E-state index contributed by atoms with van der Waals surface area (Å²) < 4.78 is 29.1. The lowest BCUT2D eigenvalue weighted by Crippen LogP contribution is -2.52. The molecule has 2 aromatic heterocycles. The fourth-order valence-corrected chi connectivity index (χ4v) is 3.31. The summed E-state index contributed by atoms with van der Waals surface area (Å²) in [7, 11) is 0. The number of nitrogen functional groups attached to an aromatic ring is 1. The molecule has 2 atom stereocenters. The third-order valence-electron chi connectivity index (χ3n) is 4.92. The Morgan fingerprint density at radius 1 is 1.50 bits per heavy atom. The Morgan fingerprint density at radius 3 is 2.89 bits per heavy atom. The number of nitrogens with one attached hydrogen (secondary N) is 2. The number of carbonyl (C=O) groups excluding carboxylic acids is 1. The Balaban J connectivity index is 1.75. The highest BCUT2D eigenvalue weighted by Gasteiger charge is 2.46. The summed E-state index contributed by atoms with van der Waals surface area (Å²) >= 11 is 5.77. The molecule has 7 nitrogen and oxygen atoms in total. The fraction of sp³-hybridized carbons (Fsp3) is 0.389. The summed E-state index contributed by atoms with van der Waals surface area (Å²) in [5.74, 6) is -4.20. The van der Waals surface area contributed by atoms with E-state index in [4.69, 9.17) is 17.3 Å². The van der Waals surface area contributed by atoms with Crippen molar-refractivity contribution in [2.24, 2.45) is 0 Å². The van der Waals surface area contributed by atoms with Crippen LogP contribution in [0.25, 0.3) is 0 Å². The smallest absolute Gasteiger partial charge is 0.271 e. The molecule has 1 fully saturated rings. The first-order valence-electron chi connectivity index (χ1n) is 8.70. The number of aromatic amines is 1. The zero-order chi connectivity index (χ0) is 20.5. The predicted octanol–water partition coefficient (Wildman–Crippen LogP) is 2.46. The zero-order valence-electron chi connectivity index (χ0n) is 15.1. The highest BCUT2D eigenvalue weighted by atomic mass is 35.5. The van der Waals surface area contributed by atoms with Gasteiger partial charge in [-0.25, -0.2) is 13.8 Å². The number of nitrogens with zero attached hydrogens (tertiary/aromatic N) is 2. The molecule has 0 aromatic carbocycles. The van der Waals surface area contributed by atoms with Crippen molar-refractivity contribution >= 4 is 29.0 Å². The van der Waals surface area contributed by atoms with Gasteiger partial charge in [0.1, 0.15) is 5.82 Å². The molecule has 0 saturated carbocycles. The number of halogens is 3. The normalized spacial score (nSPS) is 20.5. The van der Waals surface area contributed by atoms with E-state index >= 15 is 0 Å². The fourth-order valence-electron chi connectivity index (χ4n) is 3.19. The van der Waals surface area contributed by atoms with Crippen molar-refractivity contribution in [1.29, 1.82) is 0 Å². The number of alkyl halides is 2. The first-order valence-corrected chi connectivity index (χ1v) is 9.07. The molecule has 28 heavy (non-hydrogen) atoms. The van der Waals surface area contributed by atoms with Gasteiger partial charge in [-0.2, -0.15) is 0 Å². The van der Waals surface area contributed by atoms with Gasteiger partial charge in [-0.05, 0) is 30.7 Å². The quantitative estimate of drug-likeness (QED) is 0.717. The van der Waals surface area contributed by atoms with Crippen LogP contribution in [0, 0.1) is 0 Å². The molecule has 10 heteroatoms. The van der Waals surface area contributed by atoms with Crippen LogP contribution in [-0.4, -0.2) is 45.8 Å². The molecule has 1 unspecified atom stereocenters. The molecule has 0 bridgehead atoms. The lowest BCUT2D eigenvalue weighted by molar-refractivity contribution is -0.125. The van der Waals surface area contributed by atoms with E-state index in [2.05, 4.69) is 15.3 Å². The van der Waals surface area contributed by atoms with Crippen LogP contribution in [0.1, 0.15) is 24.8 Å². The molecular weight excluding hydrogens is 392 g/mol. The average Bonchev–Trinajstić information content (AvgIpc) is 2.65. The third kappa shape index (κ3) is 4.31. The van der Waals surface area contributed by atoms with E-state index in [1.807, 2.05) is 0 Å². The molecule has 3 rings (SSSR count). The summed E-state index contributed by atoms with van der Waals surface area (Å²) in [5, 5.41) is 3.09. The number of aromatic nitrogens is 2. The molecular formula is C18H20ClF2N5O2. The molecule has 1 amide bonds. The van der Waals surface area contributed by atoms with Gasteiger partial charge in [0.05, 0.1) is 22.7 Å². The van der Waals surface area contributed by atoms with Crippen molar-refractivity contribution in [2.75, 3.05) is 24.1 Å². The molecule has 0 aliphatic carbocycles.